The Morgan fingerprint density at radius 3 is 2.83 bits per heavy atom. The molecule has 2 aliphatic heterocycles. The minimum atomic E-state index is -0.231. The van der Waals surface area contributed by atoms with Crippen molar-refractivity contribution in [1.29, 1.82) is 0 Å². The molecule has 1 atom stereocenters. The molecule has 0 aliphatic carbocycles. The van der Waals surface area contributed by atoms with E-state index in [0.717, 1.165) is 42.8 Å². The van der Waals surface area contributed by atoms with Crippen molar-refractivity contribution in [3.63, 3.8) is 0 Å². The molecule has 4 rings (SSSR count). The molecule has 2 fully saturated rings. The van der Waals surface area contributed by atoms with E-state index in [2.05, 4.69) is 20.0 Å². The molecule has 23 heavy (non-hydrogen) atoms. The van der Waals surface area contributed by atoms with Crippen molar-refractivity contribution in [3.05, 3.63) is 12.5 Å². The van der Waals surface area contributed by atoms with Gasteiger partial charge in [-0.2, -0.15) is 5.10 Å². The van der Waals surface area contributed by atoms with Crippen LogP contribution >= 0.6 is 0 Å². The fraction of sp³-hybridized carbons (Fsp3) is 0.600. The van der Waals surface area contributed by atoms with Crippen LogP contribution in [0.25, 0.3) is 11.0 Å². The molecular weight excluding hydrogens is 296 g/mol. The lowest BCUT2D eigenvalue weighted by Crippen LogP contribution is -2.51. The molecule has 2 aromatic rings. The second-order valence-corrected chi connectivity index (χ2v) is 6.02. The Morgan fingerprint density at radius 2 is 2.09 bits per heavy atom. The number of ether oxygens (including phenoxy) is 1. The van der Waals surface area contributed by atoms with E-state index in [0.29, 0.717) is 19.7 Å². The van der Waals surface area contributed by atoms with E-state index in [9.17, 15) is 4.79 Å². The summed E-state index contributed by atoms with van der Waals surface area (Å²) in [6.07, 6.45) is 4.97. The van der Waals surface area contributed by atoms with E-state index in [4.69, 9.17) is 4.74 Å². The number of nitrogens with zero attached hydrogens (tertiary/aromatic N) is 6. The van der Waals surface area contributed by atoms with Crippen molar-refractivity contribution in [3.8, 4) is 0 Å². The molecule has 0 saturated carbocycles. The third kappa shape index (κ3) is 2.52. The van der Waals surface area contributed by atoms with Gasteiger partial charge < -0.3 is 14.5 Å². The Hall–Kier alpha value is -2.22. The number of carbonyl (C=O) groups excluding carboxylic acids is 1. The lowest BCUT2D eigenvalue weighted by molar-refractivity contribution is -0.141. The van der Waals surface area contributed by atoms with E-state index >= 15 is 0 Å². The SMILES string of the molecule is Cn1ncc2c(N3CCN(C(=O)[C@H]4CCCO4)CC3)ncnc21. The number of carbonyl (C=O) groups is 1. The molecule has 8 heteroatoms. The van der Waals surface area contributed by atoms with Gasteiger partial charge in [-0.1, -0.05) is 0 Å². The Kier molecular flexibility index (Phi) is 3.60. The van der Waals surface area contributed by atoms with Crippen LogP contribution < -0.4 is 4.90 Å². The fourth-order valence-electron chi connectivity index (χ4n) is 3.32. The lowest BCUT2D eigenvalue weighted by atomic mass is 10.2. The number of anilines is 1. The maximum Gasteiger partial charge on any atom is 0.251 e. The summed E-state index contributed by atoms with van der Waals surface area (Å²) in [6.45, 7) is 3.63. The summed E-state index contributed by atoms with van der Waals surface area (Å²) in [4.78, 5) is 25.2. The zero-order chi connectivity index (χ0) is 15.8. The topological polar surface area (TPSA) is 76.4 Å². The van der Waals surface area contributed by atoms with Gasteiger partial charge in [0, 0.05) is 39.8 Å². The van der Waals surface area contributed by atoms with Crippen LogP contribution in [0, 0.1) is 0 Å². The van der Waals surface area contributed by atoms with Gasteiger partial charge in [0.1, 0.15) is 18.2 Å². The van der Waals surface area contributed by atoms with Gasteiger partial charge in [-0.15, -0.1) is 0 Å². The highest BCUT2D eigenvalue weighted by molar-refractivity contribution is 5.87. The second-order valence-electron chi connectivity index (χ2n) is 6.02. The van der Waals surface area contributed by atoms with E-state index < -0.39 is 0 Å². The quantitative estimate of drug-likeness (QED) is 0.787. The summed E-state index contributed by atoms with van der Waals surface area (Å²) in [6, 6.07) is 0. The first-order chi connectivity index (χ1) is 11.2. The molecule has 2 aliphatic rings. The summed E-state index contributed by atoms with van der Waals surface area (Å²) in [5.74, 6) is 1.03. The standard InChI is InChI=1S/C15H20N6O2/c1-19-13-11(9-18-19)14(17-10-16-13)20-4-6-21(7-5-20)15(22)12-3-2-8-23-12/h9-10,12H,2-8H2,1H3/t12-/m1/s1. The van der Waals surface area contributed by atoms with Crippen molar-refractivity contribution in [2.75, 3.05) is 37.7 Å². The number of aryl methyl sites for hydroxylation is 1. The average molecular weight is 316 g/mol. The molecule has 2 aromatic heterocycles. The molecule has 0 radical (unpaired) electrons. The zero-order valence-corrected chi connectivity index (χ0v) is 13.2. The summed E-state index contributed by atoms with van der Waals surface area (Å²) >= 11 is 0. The fourth-order valence-corrected chi connectivity index (χ4v) is 3.32. The van der Waals surface area contributed by atoms with E-state index in [1.807, 2.05) is 11.9 Å². The molecule has 1 amide bonds. The highest BCUT2D eigenvalue weighted by Crippen LogP contribution is 2.24. The summed E-state index contributed by atoms with van der Waals surface area (Å²) < 4.78 is 7.25. The van der Waals surface area contributed by atoms with E-state index in [1.54, 1.807) is 17.2 Å². The number of hydrogen-bond donors (Lipinski definition) is 0. The third-order valence-corrected chi connectivity index (χ3v) is 4.60. The molecule has 0 aromatic carbocycles. The molecule has 0 spiro atoms. The molecule has 8 nitrogen and oxygen atoms in total. The largest absolute Gasteiger partial charge is 0.368 e. The molecular formula is C15H20N6O2. The Labute approximate surface area is 134 Å². The van der Waals surface area contributed by atoms with Crippen LogP contribution in [-0.4, -0.2) is 69.4 Å². The second kappa shape index (κ2) is 5.77. The van der Waals surface area contributed by atoms with Gasteiger partial charge in [-0.25, -0.2) is 9.97 Å². The predicted molar refractivity (Wildman–Crippen MR) is 84.1 cm³/mol. The van der Waals surface area contributed by atoms with E-state index in [-0.39, 0.29) is 12.0 Å². The zero-order valence-electron chi connectivity index (χ0n) is 13.2. The normalized spacial score (nSPS) is 22.0. The summed E-state index contributed by atoms with van der Waals surface area (Å²) in [5, 5.41) is 5.21. The summed E-state index contributed by atoms with van der Waals surface area (Å²) in [7, 11) is 1.87. The number of piperazine rings is 1. The van der Waals surface area contributed by atoms with E-state index in [1.165, 1.54) is 0 Å². The van der Waals surface area contributed by atoms with Gasteiger partial charge in [-0.3, -0.25) is 9.48 Å². The number of aromatic nitrogens is 4. The maximum absolute atomic E-state index is 12.4. The van der Waals surface area contributed by atoms with Crippen LogP contribution in [0.3, 0.4) is 0 Å². The molecule has 122 valence electrons. The molecule has 0 N–H and O–H groups in total. The predicted octanol–water partition coefficient (Wildman–Crippen LogP) is 0.191. The first kappa shape index (κ1) is 14.4. The van der Waals surface area contributed by atoms with Crippen molar-refractivity contribution < 1.29 is 9.53 Å². The smallest absolute Gasteiger partial charge is 0.251 e. The van der Waals surface area contributed by atoms with Gasteiger partial charge in [0.15, 0.2) is 5.65 Å². The average Bonchev–Trinajstić information content (AvgIpc) is 3.25. The first-order valence-electron chi connectivity index (χ1n) is 8.02. The van der Waals surface area contributed by atoms with Gasteiger partial charge >= 0.3 is 0 Å². The van der Waals surface area contributed by atoms with Crippen molar-refractivity contribution >= 4 is 22.8 Å². The van der Waals surface area contributed by atoms with Crippen LogP contribution in [0.2, 0.25) is 0 Å². The number of hydrogen-bond acceptors (Lipinski definition) is 6. The number of fused-ring (bicyclic) bond motifs is 1. The Balaban J connectivity index is 1.47. The van der Waals surface area contributed by atoms with Crippen LogP contribution in [0.1, 0.15) is 12.8 Å². The third-order valence-electron chi connectivity index (χ3n) is 4.60. The maximum atomic E-state index is 12.4. The highest BCUT2D eigenvalue weighted by Gasteiger charge is 2.31. The van der Waals surface area contributed by atoms with Crippen LogP contribution in [0.5, 0.6) is 0 Å². The van der Waals surface area contributed by atoms with Crippen LogP contribution in [0.15, 0.2) is 12.5 Å². The highest BCUT2D eigenvalue weighted by atomic mass is 16.5. The van der Waals surface area contributed by atoms with Gasteiger partial charge in [0.05, 0.1) is 11.6 Å². The Bertz CT molecular complexity index is 716. The molecule has 2 saturated heterocycles. The molecule has 0 bridgehead atoms. The van der Waals surface area contributed by atoms with Gasteiger partial charge in [0.2, 0.25) is 0 Å². The van der Waals surface area contributed by atoms with Gasteiger partial charge in [-0.05, 0) is 12.8 Å². The summed E-state index contributed by atoms with van der Waals surface area (Å²) in [5.41, 5.74) is 0.827. The van der Waals surface area contributed by atoms with Crippen LogP contribution in [0.4, 0.5) is 5.82 Å². The lowest BCUT2D eigenvalue weighted by Gasteiger charge is -2.36. The number of rotatable bonds is 2. The van der Waals surface area contributed by atoms with Crippen LogP contribution in [-0.2, 0) is 16.6 Å². The van der Waals surface area contributed by atoms with Crippen molar-refractivity contribution in [2.24, 2.45) is 7.05 Å². The minimum Gasteiger partial charge on any atom is -0.368 e. The van der Waals surface area contributed by atoms with Gasteiger partial charge in [0.25, 0.3) is 5.91 Å². The number of amides is 1. The first-order valence-corrected chi connectivity index (χ1v) is 8.02. The molecule has 4 heterocycles. The Morgan fingerprint density at radius 1 is 1.26 bits per heavy atom. The molecule has 0 unspecified atom stereocenters. The van der Waals surface area contributed by atoms with Crippen molar-refractivity contribution in [2.45, 2.75) is 18.9 Å². The van der Waals surface area contributed by atoms with Crippen molar-refractivity contribution in [1.82, 2.24) is 24.6 Å². The monoisotopic (exact) mass is 316 g/mol. The minimum absolute atomic E-state index is 0.136.